The monoisotopic (exact) mass is 367 g/mol. The molecule has 0 aliphatic carbocycles. The number of benzene rings is 1. The van der Waals surface area contributed by atoms with Gasteiger partial charge >= 0.3 is 0 Å². The van der Waals surface area contributed by atoms with Crippen LogP contribution in [0, 0.1) is 5.82 Å². The lowest BCUT2D eigenvalue weighted by molar-refractivity contribution is 0.0731. The molecule has 1 aliphatic rings. The Morgan fingerprint density at radius 1 is 1.27 bits per heavy atom. The smallest absolute Gasteiger partial charge is 0.273 e. The Kier molecular flexibility index (Phi) is 4.75. The molecule has 26 heavy (non-hydrogen) atoms. The van der Waals surface area contributed by atoms with Crippen molar-refractivity contribution in [2.45, 2.75) is 25.3 Å². The number of aromatic nitrogens is 2. The number of carbonyl (C=O) groups is 1. The fraction of sp³-hybridized carbons (Fsp3) is 0.250. The fourth-order valence-electron chi connectivity index (χ4n) is 3.38. The van der Waals surface area contributed by atoms with Crippen molar-refractivity contribution in [3.8, 4) is 10.7 Å². The van der Waals surface area contributed by atoms with Crippen LogP contribution in [-0.2, 0) is 6.42 Å². The van der Waals surface area contributed by atoms with Gasteiger partial charge in [-0.2, -0.15) is 0 Å². The van der Waals surface area contributed by atoms with Crippen LogP contribution in [0.4, 0.5) is 4.39 Å². The highest BCUT2D eigenvalue weighted by molar-refractivity contribution is 7.13. The first-order valence-electron chi connectivity index (χ1n) is 8.63. The van der Waals surface area contributed by atoms with Crippen molar-refractivity contribution >= 4 is 17.2 Å². The zero-order valence-electron chi connectivity index (χ0n) is 14.1. The summed E-state index contributed by atoms with van der Waals surface area (Å²) >= 11 is 1.43. The lowest BCUT2D eigenvalue weighted by Gasteiger charge is -2.24. The zero-order valence-corrected chi connectivity index (χ0v) is 15.0. The molecule has 4 rings (SSSR count). The van der Waals surface area contributed by atoms with Crippen molar-refractivity contribution in [1.29, 1.82) is 0 Å². The first-order valence-corrected chi connectivity index (χ1v) is 9.51. The SMILES string of the molecule is O=C(c1csc(-c2ccccn2)n1)N1CCC[C@@H]1Cc1cccc(F)c1. The summed E-state index contributed by atoms with van der Waals surface area (Å²) in [7, 11) is 0. The van der Waals surface area contributed by atoms with Crippen LogP contribution in [0.2, 0.25) is 0 Å². The minimum Gasteiger partial charge on any atom is -0.334 e. The van der Waals surface area contributed by atoms with E-state index in [0.717, 1.165) is 35.7 Å². The topological polar surface area (TPSA) is 46.1 Å². The summed E-state index contributed by atoms with van der Waals surface area (Å²) in [5.41, 5.74) is 2.15. The Labute approximate surface area is 155 Å². The molecule has 1 amide bonds. The molecule has 1 fully saturated rings. The summed E-state index contributed by atoms with van der Waals surface area (Å²) in [6, 6.07) is 12.3. The van der Waals surface area contributed by atoms with Crippen LogP contribution in [0.25, 0.3) is 10.7 Å². The van der Waals surface area contributed by atoms with Crippen molar-refractivity contribution in [3.05, 3.63) is 71.1 Å². The molecule has 0 unspecified atom stereocenters. The van der Waals surface area contributed by atoms with Gasteiger partial charge in [-0.3, -0.25) is 9.78 Å². The minimum atomic E-state index is -0.238. The number of nitrogens with zero attached hydrogens (tertiary/aromatic N) is 3. The van der Waals surface area contributed by atoms with Crippen LogP contribution < -0.4 is 0 Å². The number of pyridine rings is 1. The number of amides is 1. The van der Waals surface area contributed by atoms with Crippen molar-refractivity contribution < 1.29 is 9.18 Å². The molecule has 1 atom stereocenters. The van der Waals surface area contributed by atoms with Crippen LogP contribution in [0.3, 0.4) is 0 Å². The molecule has 0 spiro atoms. The highest BCUT2D eigenvalue weighted by atomic mass is 32.1. The molecule has 3 aromatic rings. The van der Waals surface area contributed by atoms with E-state index in [9.17, 15) is 9.18 Å². The van der Waals surface area contributed by atoms with Gasteiger partial charge in [0.1, 0.15) is 16.5 Å². The third kappa shape index (κ3) is 3.51. The van der Waals surface area contributed by atoms with Crippen molar-refractivity contribution in [2.75, 3.05) is 6.54 Å². The van der Waals surface area contributed by atoms with Gasteiger partial charge in [-0.05, 0) is 49.1 Å². The molecule has 3 heterocycles. The first-order chi connectivity index (χ1) is 12.7. The lowest BCUT2D eigenvalue weighted by Crippen LogP contribution is -2.37. The van der Waals surface area contributed by atoms with Gasteiger partial charge in [0.2, 0.25) is 0 Å². The Hall–Kier alpha value is -2.60. The van der Waals surface area contributed by atoms with Crippen LogP contribution in [0.15, 0.2) is 54.0 Å². The molecule has 0 radical (unpaired) electrons. The summed E-state index contributed by atoms with van der Waals surface area (Å²) < 4.78 is 13.4. The summed E-state index contributed by atoms with van der Waals surface area (Å²) in [6.45, 7) is 0.718. The Morgan fingerprint density at radius 3 is 3.00 bits per heavy atom. The first kappa shape index (κ1) is 16.8. The van der Waals surface area contributed by atoms with Crippen molar-refractivity contribution in [3.63, 3.8) is 0 Å². The van der Waals surface area contributed by atoms with E-state index in [1.165, 1.54) is 17.4 Å². The van der Waals surface area contributed by atoms with Crippen molar-refractivity contribution in [1.82, 2.24) is 14.9 Å². The van der Waals surface area contributed by atoms with Crippen LogP contribution >= 0.6 is 11.3 Å². The van der Waals surface area contributed by atoms with Crippen LogP contribution in [-0.4, -0.2) is 33.4 Å². The molecular weight excluding hydrogens is 349 g/mol. The number of halogens is 1. The quantitative estimate of drug-likeness (QED) is 0.695. The largest absolute Gasteiger partial charge is 0.334 e. The predicted molar refractivity (Wildman–Crippen MR) is 99.5 cm³/mol. The third-order valence-electron chi connectivity index (χ3n) is 4.61. The molecule has 2 aromatic heterocycles. The van der Waals surface area contributed by atoms with Gasteiger partial charge in [-0.1, -0.05) is 18.2 Å². The van der Waals surface area contributed by atoms with Crippen LogP contribution in [0.1, 0.15) is 28.9 Å². The summed E-state index contributed by atoms with van der Waals surface area (Å²) in [4.78, 5) is 23.6. The molecule has 0 bridgehead atoms. The number of rotatable bonds is 4. The predicted octanol–water partition coefficient (Wildman–Crippen LogP) is 4.19. The second-order valence-corrected chi connectivity index (χ2v) is 7.24. The molecule has 132 valence electrons. The van der Waals surface area contributed by atoms with E-state index in [0.29, 0.717) is 12.1 Å². The number of hydrogen-bond donors (Lipinski definition) is 0. The molecular formula is C20H18FN3OS. The maximum Gasteiger partial charge on any atom is 0.273 e. The van der Waals surface area contributed by atoms with E-state index >= 15 is 0 Å². The van der Waals surface area contributed by atoms with E-state index < -0.39 is 0 Å². The van der Waals surface area contributed by atoms with Gasteiger partial charge < -0.3 is 4.90 Å². The Bertz CT molecular complexity index is 912. The van der Waals surface area contributed by atoms with Gasteiger partial charge in [0, 0.05) is 24.2 Å². The zero-order chi connectivity index (χ0) is 17.9. The van der Waals surface area contributed by atoms with E-state index in [1.807, 2.05) is 29.2 Å². The number of thiazole rings is 1. The number of carbonyl (C=O) groups excluding carboxylic acids is 1. The molecule has 6 heteroatoms. The lowest BCUT2D eigenvalue weighted by atomic mass is 10.0. The fourth-order valence-corrected chi connectivity index (χ4v) is 4.15. The van der Waals surface area contributed by atoms with E-state index in [-0.39, 0.29) is 17.8 Å². The number of likely N-dealkylation sites (tertiary alicyclic amines) is 1. The van der Waals surface area contributed by atoms with Gasteiger partial charge in [-0.15, -0.1) is 11.3 Å². The summed E-state index contributed by atoms with van der Waals surface area (Å²) in [6.07, 6.45) is 4.27. The average Bonchev–Trinajstić information content (AvgIpc) is 3.32. The molecule has 4 nitrogen and oxygen atoms in total. The Morgan fingerprint density at radius 2 is 2.19 bits per heavy atom. The maximum absolute atomic E-state index is 13.4. The standard InChI is InChI=1S/C20H18FN3OS/c21-15-6-3-5-14(11-15)12-16-7-4-10-24(16)20(25)18-13-26-19(23-18)17-8-1-2-9-22-17/h1-3,5-6,8-9,11,13,16H,4,7,10,12H2/t16-/m1/s1. The minimum absolute atomic E-state index is 0.0534. The maximum atomic E-state index is 13.4. The Balaban J connectivity index is 1.51. The van der Waals surface area contributed by atoms with E-state index in [1.54, 1.807) is 23.7 Å². The van der Waals surface area contributed by atoms with Gasteiger partial charge in [0.15, 0.2) is 0 Å². The van der Waals surface area contributed by atoms with E-state index in [4.69, 9.17) is 0 Å². The van der Waals surface area contributed by atoms with Crippen LogP contribution in [0.5, 0.6) is 0 Å². The normalized spacial score (nSPS) is 16.8. The van der Waals surface area contributed by atoms with Gasteiger partial charge in [0.25, 0.3) is 5.91 Å². The molecule has 1 saturated heterocycles. The second kappa shape index (κ2) is 7.33. The van der Waals surface area contributed by atoms with Gasteiger partial charge in [0.05, 0.1) is 5.69 Å². The third-order valence-corrected chi connectivity index (χ3v) is 5.47. The van der Waals surface area contributed by atoms with Gasteiger partial charge in [-0.25, -0.2) is 9.37 Å². The molecule has 0 saturated carbocycles. The second-order valence-electron chi connectivity index (χ2n) is 6.38. The van der Waals surface area contributed by atoms with E-state index in [2.05, 4.69) is 9.97 Å². The summed E-state index contributed by atoms with van der Waals surface area (Å²) in [5.74, 6) is -0.291. The average molecular weight is 367 g/mol. The summed E-state index contributed by atoms with van der Waals surface area (Å²) in [5, 5.41) is 2.54. The molecule has 1 aromatic carbocycles. The highest BCUT2D eigenvalue weighted by Crippen LogP contribution is 2.26. The molecule has 0 N–H and O–H groups in total. The highest BCUT2D eigenvalue weighted by Gasteiger charge is 2.30. The number of hydrogen-bond acceptors (Lipinski definition) is 4. The van der Waals surface area contributed by atoms with Crippen molar-refractivity contribution in [2.24, 2.45) is 0 Å². The molecule has 1 aliphatic heterocycles.